The molecule has 1 saturated heterocycles. The molecule has 1 aliphatic rings. The van der Waals surface area contributed by atoms with Gasteiger partial charge >= 0.3 is 0 Å². The van der Waals surface area contributed by atoms with Gasteiger partial charge in [0.25, 0.3) is 0 Å². The van der Waals surface area contributed by atoms with Crippen LogP contribution in [0.1, 0.15) is 12.8 Å². The molecule has 23 heavy (non-hydrogen) atoms. The zero-order valence-corrected chi connectivity index (χ0v) is 14.4. The standard InChI is InChI=1S/C18H18BrN3O/c19-15-1-2-16-17(9-15)21-18(10-20-16)14-3-6-22(12-14)11-13-4-7-23-8-5-13/h1-3,6,9-10,12-13H,4-5,7-8,11H2. The molecule has 118 valence electrons. The lowest BCUT2D eigenvalue weighted by molar-refractivity contribution is 0.0613. The lowest BCUT2D eigenvalue weighted by Crippen LogP contribution is -2.19. The Bertz CT molecular complexity index is 824. The van der Waals surface area contributed by atoms with E-state index in [1.54, 1.807) is 0 Å². The van der Waals surface area contributed by atoms with Crippen molar-refractivity contribution in [3.63, 3.8) is 0 Å². The summed E-state index contributed by atoms with van der Waals surface area (Å²) in [6, 6.07) is 8.09. The highest BCUT2D eigenvalue weighted by molar-refractivity contribution is 9.10. The largest absolute Gasteiger partial charge is 0.381 e. The third-order valence-electron chi connectivity index (χ3n) is 4.36. The number of ether oxygens (including phenoxy) is 1. The first-order valence-electron chi connectivity index (χ1n) is 7.94. The maximum absolute atomic E-state index is 5.43. The Morgan fingerprint density at radius 2 is 2.04 bits per heavy atom. The Kier molecular flexibility index (Phi) is 4.14. The first kappa shape index (κ1) is 14.8. The fourth-order valence-corrected chi connectivity index (χ4v) is 3.41. The van der Waals surface area contributed by atoms with Crippen molar-refractivity contribution in [3.8, 4) is 11.3 Å². The van der Waals surface area contributed by atoms with Crippen LogP contribution < -0.4 is 0 Å². The fourth-order valence-electron chi connectivity index (χ4n) is 3.06. The quantitative estimate of drug-likeness (QED) is 0.689. The molecule has 0 unspecified atom stereocenters. The van der Waals surface area contributed by atoms with Gasteiger partial charge in [0.2, 0.25) is 0 Å². The summed E-state index contributed by atoms with van der Waals surface area (Å²) in [5.41, 5.74) is 3.86. The van der Waals surface area contributed by atoms with Crippen molar-refractivity contribution in [1.29, 1.82) is 0 Å². The van der Waals surface area contributed by atoms with E-state index in [1.807, 2.05) is 24.4 Å². The summed E-state index contributed by atoms with van der Waals surface area (Å²) in [5, 5.41) is 0. The Morgan fingerprint density at radius 1 is 1.17 bits per heavy atom. The first-order chi connectivity index (χ1) is 11.3. The number of nitrogens with zero attached hydrogens (tertiary/aromatic N) is 3. The molecule has 0 amide bonds. The minimum Gasteiger partial charge on any atom is -0.381 e. The van der Waals surface area contributed by atoms with E-state index < -0.39 is 0 Å². The lowest BCUT2D eigenvalue weighted by Gasteiger charge is -2.22. The van der Waals surface area contributed by atoms with Crippen molar-refractivity contribution < 1.29 is 4.74 Å². The van der Waals surface area contributed by atoms with E-state index in [9.17, 15) is 0 Å². The summed E-state index contributed by atoms with van der Waals surface area (Å²) in [6.45, 7) is 2.84. The van der Waals surface area contributed by atoms with Crippen LogP contribution in [0.4, 0.5) is 0 Å². The first-order valence-corrected chi connectivity index (χ1v) is 8.73. The van der Waals surface area contributed by atoms with Gasteiger partial charge in [-0.25, -0.2) is 4.98 Å². The van der Waals surface area contributed by atoms with Crippen LogP contribution in [-0.2, 0) is 11.3 Å². The molecular formula is C18H18BrN3O. The third-order valence-corrected chi connectivity index (χ3v) is 4.85. The monoisotopic (exact) mass is 371 g/mol. The minimum atomic E-state index is 0.711. The summed E-state index contributed by atoms with van der Waals surface area (Å²) in [4.78, 5) is 9.26. The molecule has 0 aliphatic carbocycles. The molecule has 0 spiro atoms. The van der Waals surface area contributed by atoms with E-state index in [1.165, 1.54) is 0 Å². The molecule has 0 N–H and O–H groups in total. The van der Waals surface area contributed by atoms with Crippen molar-refractivity contribution in [3.05, 3.63) is 47.3 Å². The highest BCUT2D eigenvalue weighted by Crippen LogP contribution is 2.23. The molecule has 1 aliphatic heterocycles. The second kappa shape index (κ2) is 6.42. The van der Waals surface area contributed by atoms with E-state index in [4.69, 9.17) is 9.72 Å². The predicted molar refractivity (Wildman–Crippen MR) is 94.2 cm³/mol. The van der Waals surface area contributed by atoms with Crippen molar-refractivity contribution in [2.24, 2.45) is 5.92 Å². The number of halogens is 1. The van der Waals surface area contributed by atoms with Crippen LogP contribution in [0.5, 0.6) is 0 Å². The van der Waals surface area contributed by atoms with Crippen molar-refractivity contribution >= 4 is 27.0 Å². The van der Waals surface area contributed by atoms with Gasteiger partial charge in [0, 0.05) is 42.2 Å². The van der Waals surface area contributed by atoms with Crippen LogP contribution in [0.2, 0.25) is 0 Å². The molecule has 3 heterocycles. The minimum absolute atomic E-state index is 0.711. The lowest BCUT2D eigenvalue weighted by atomic mass is 10.0. The topological polar surface area (TPSA) is 39.9 Å². The summed E-state index contributed by atoms with van der Waals surface area (Å²) in [7, 11) is 0. The number of rotatable bonds is 3. The van der Waals surface area contributed by atoms with Crippen molar-refractivity contribution in [2.45, 2.75) is 19.4 Å². The van der Waals surface area contributed by atoms with E-state index in [0.717, 1.165) is 59.4 Å². The van der Waals surface area contributed by atoms with Gasteiger partial charge in [-0.2, -0.15) is 0 Å². The maximum Gasteiger partial charge on any atom is 0.0908 e. The van der Waals surface area contributed by atoms with E-state index in [0.29, 0.717) is 5.92 Å². The number of hydrogen-bond acceptors (Lipinski definition) is 3. The van der Waals surface area contributed by atoms with E-state index in [-0.39, 0.29) is 0 Å². The molecule has 2 aromatic heterocycles. The zero-order chi connectivity index (χ0) is 15.6. The SMILES string of the molecule is Brc1ccc2ncc(-c3ccn(CC4CCOCC4)c3)nc2c1. The van der Waals surface area contributed by atoms with Crippen LogP contribution in [-0.4, -0.2) is 27.7 Å². The van der Waals surface area contributed by atoms with Crippen molar-refractivity contribution in [2.75, 3.05) is 13.2 Å². The molecule has 0 saturated carbocycles. The van der Waals surface area contributed by atoms with Crippen LogP contribution in [0, 0.1) is 5.92 Å². The highest BCUT2D eigenvalue weighted by Gasteiger charge is 2.14. The van der Waals surface area contributed by atoms with E-state index >= 15 is 0 Å². The Hall–Kier alpha value is -1.72. The van der Waals surface area contributed by atoms with E-state index in [2.05, 4.69) is 43.9 Å². The van der Waals surface area contributed by atoms with Crippen molar-refractivity contribution in [1.82, 2.24) is 14.5 Å². The molecule has 0 atom stereocenters. The summed E-state index contributed by atoms with van der Waals surface area (Å²) in [5.74, 6) is 0.711. The second-order valence-electron chi connectivity index (χ2n) is 6.04. The van der Waals surface area contributed by atoms with Gasteiger partial charge in [-0.15, -0.1) is 0 Å². The maximum atomic E-state index is 5.43. The Morgan fingerprint density at radius 3 is 2.91 bits per heavy atom. The van der Waals surface area contributed by atoms with Gasteiger partial charge in [-0.3, -0.25) is 4.98 Å². The van der Waals surface area contributed by atoms with Gasteiger partial charge in [0.1, 0.15) is 0 Å². The average Bonchev–Trinajstić information content (AvgIpc) is 3.03. The average molecular weight is 372 g/mol. The normalized spacial score (nSPS) is 16.0. The zero-order valence-electron chi connectivity index (χ0n) is 12.8. The number of fused-ring (bicyclic) bond motifs is 1. The van der Waals surface area contributed by atoms with Gasteiger partial charge < -0.3 is 9.30 Å². The summed E-state index contributed by atoms with van der Waals surface area (Å²) < 4.78 is 8.71. The van der Waals surface area contributed by atoms with Crippen LogP contribution >= 0.6 is 15.9 Å². The molecule has 3 aromatic rings. The molecule has 5 heteroatoms. The van der Waals surface area contributed by atoms with Gasteiger partial charge in [-0.05, 0) is 43.0 Å². The Balaban J connectivity index is 1.58. The molecule has 1 fully saturated rings. The molecular weight excluding hydrogens is 354 g/mol. The number of aromatic nitrogens is 3. The molecule has 4 nitrogen and oxygen atoms in total. The fraction of sp³-hybridized carbons (Fsp3) is 0.333. The summed E-state index contributed by atoms with van der Waals surface area (Å²) in [6.07, 6.45) is 8.46. The van der Waals surface area contributed by atoms with Crippen LogP contribution in [0.25, 0.3) is 22.3 Å². The Labute approximate surface area is 143 Å². The molecule has 0 radical (unpaired) electrons. The number of benzene rings is 1. The second-order valence-corrected chi connectivity index (χ2v) is 6.96. The molecule has 1 aromatic carbocycles. The van der Waals surface area contributed by atoms with Gasteiger partial charge in [0.05, 0.1) is 22.9 Å². The number of hydrogen-bond donors (Lipinski definition) is 0. The van der Waals surface area contributed by atoms with Gasteiger partial charge in [-0.1, -0.05) is 15.9 Å². The van der Waals surface area contributed by atoms with Crippen LogP contribution in [0.15, 0.2) is 47.3 Å². The van der Waals surface area contributed by atoms with Crippen LogP contribution in [0.3, 0.4) is 0 Å². The van der Waals surface area contributed by atoms with Gasteiger partial charge in [0.15, 0.2) is 0 Å². The predicted octanol–water partition coefficient (Wildman–Crippen LogP) is 4.29. The highest BCUT2D eigenvalue weighted by atomic mass is 79.9. The summed E-state index contributed by atoms with van der Waals surface area (Å²) >= 11 is 3.49. The molecule has 0 bridgehead atoms. The smallest absolute Gasteiger partial charge is 0.0908 e. The molecule has 4 rings (SSSR count). The third kappa shape index (κ3) is 3.31.